The van der Waals surface area contributed by atoms with Crippen molar-refractivity contribution in [2.24, 2.45) is 5.92 Å². The Hall–Kier alpha value is -1.02. The van der Waals surface area contributed by atoms with Gasteiger partial charge in [0.2, 0.25) is 10.0 Å². The molecule has 2 rings (SSSR count). The van der Waals surface area contributed by atoms with Gasteiger partial charge in [-0.15, -0.1) is 0 Å². The van der Waals surface area contributed by atoms with Gasteiger partial charge < -0.3 is 15.4 Å². The summed E-state index contributed by atoms with van der Waals surface area (Å²) < 4.78 is 30.1. The van der Waals surface area contributed by atoms with Crippen molar-refractivity contribution in [2.45, 2.75) is 32.1 Å². The first-order chi connectivity index (χ1) is 12.3. The van der Waals surface area contributed by atoms with Crippen molar-refractivity contribution in [1.82, 2.24) is 9.62 Å². The van der Waals surface area contributed by atoms with E-state index in [1.165, 1.54) is 25.5 Å². The number of likely N-dealkylation sites (tertiary alicyclic amines) is 1. The molecule has 0 aromatic heterocycles. The van der Waals surface area contributed by atoms with Gasteiger partial charge in [-0.1, -0.05) is 18.0 Å². The van der Waals surface area contributed by atoms with Crippen LogP contribution in [0.3, 0.4) is 0 Å². The second kappa shape index (κ2) is 9.78. The first-order valence-corrected chi connectivity index (χ1v) is 11.3. The van der Waals surface area contributed by atoms with E-state index in [9.17, 15) is 8.42 Å². The lowest BCUT2D eigenvalue weighted by molar-refractivity contribution is 0.180. The maximum atomic E-state index is 11.1. The quantitative estimate of drug-likeness (QED) is 0.619. The predicted molar refractivity (Wildman–Crippen MR) is 107 cm³/mol. The van der Waals surface area contributed by atoms with E-state index in [1.54, 1.807) is 13.2 Å². The highest BCUT2D eigenvalue weighted by molar-refractivity contribution is 7.88. The van der Waals surface area contributed by atoms with Crippen LogP contribution in [0.2, 0.25) is 5.02 Å². The van der Waals surface area contributed by atoms with E-state index in [0.717, 1.165) is 49.7 Å². The number of nitrogens with zero attached hydrogens (tertiary/aromatic N) is 1. The summed E-state index contributed by atoms with van der Waals surface area (Å²) in [4.78, 5) is 2.33. The number of hydrogen-bond donors (Lipinski definition) is 2. The second-order valence-corrected chi connectivity index (χ2v) is 9.27. The van der Waals surface area contributed by atoms with Gasteiger partial charge in [-0.25, -0.2) is 13.1 Å². The molecule has 0 amide bonds. The summed E-state index contributed by atoms with van der Waals surface area (Å²) in [6.07, 6.45) is 6.73. The normalized spacial score (nSPS) is 16.7. The monoisotopic (exact) mass is 403 g/mol. The summed E-state index contributed by atoms with van der Waals surface area (Å²) in [5, 5.41) is 0.580. The molecule has 3 N–H and O–H groups in total. The van der Waals surface area contributed by atoms with Crippen LogP contribution in [0.5, 0.6) is 5.75 Å². The smallest absolute Gasteiger partial charge is 0.208 e. The van der Waals surface area contributed by atoms with Crippen molar-refractivity contribution in [3.63, 3.8) is 0 Å². The Morgan fingerprint density at radius 3 is 2.65 bits per heavy atom. The number of anilines is 1. The molecule has 1 heterocycles. The first kappa shape index (κ1) is 21.3. The third kappa shape index (κ3) is 6.95. The van der Waals surface area contributed by atoms with Gasteiger partial charge in [-0.3, -0.25) is 0 Å². The molecule has 0 radical (unpaired) electrons. The number of nitrogens with one attached hydrogen (secondary N) is 1. The molecule has 1 fully saturated rings. The molecule has 8 heteroatoms. The number of ether oxygens (including phenoxy) is 1. The van der Waals surface area contributed by atoms with Crippen molar-refractivity contribution < 1.29 is 13.2 Å². The number of aryl methyl sites for hydroxylation is 1. The molecule has 0 unspecified atom stereocenters. The molecule has 0 atom stereocenters. The van der Waals surface area contributed by atoms with Crippen LogP contribution in [0.4, 0.5) is 5.69 Å². The lowest BCUT2D eigenvalue weighted by atomic mass is 9.90. The van der Waals surface area contributed by atoms with Gasteiger partial charge in [0.25, 0.3) is 0 Å². The third-order valence-electron chi connectivity index (χ3n) is 4.96. The van der Waals surface area contributed by atoms with Crippen molar-refractivity contribution in [2.75, 3.05) is 45.3 Å². The minimum absolute atomic E-state index is 0.487. The van der Waals surface area contributed by atoms with Crippen molar-refractivity contribution in [3.05, 3.63) is 22.7 Å². The van der Waals surface area contributed by atoms with E-state index < -0.39 is 10.0 Å². The SMILES string of the molecule is COc1cc(N)c(Cl)cc1CCCC1CCN(CCNS(C)(=O)=O)CC1. The number of rotatable bonds is 9. The molecule has 1 aromatic carbocycles. The highest BCUT2D eigenvalue weighted by atomic mass is 35.5. The van der Waals surface area contributed by atoms with Crippen LogP contribution < -0.4 is 15.2 Å². The van der Waals surface area contributed by atoms with Crippen molar-refractivity contribution in [3.8, 4) is 5.75 Å². The van der Waals surface area contributed by atoms with Crippen LogP contribution in [-0.2, 0) is 16.4 Å². The van der Waals surface area contributed by atoms with Gasteiger partial charge in [0, 0.05) is 19.2 Å². The number of nitrogens with two attached hydrogens (primary N) is 1. The number of piperidine rings is 1. The summed E-state index contributed by atoms with van der Waals surface area (Å²) >= 11 is 6.13. The highest BCUT2D eigenvalue weighted by Crippen LogP contribution is 2.31. The Kier molecular flexibility index (Phi) is 8.01. The fraction of sp³-hybridized carbons (Fsp3) is 0.667. The Bertz CT molecular complexity index is 689. The molecule has 6 nitrogen and oxygen atoms in total. The minimum Gasteiger partial charge on any atom is -0.496 e. The average molecular weight is 404 g/mol. The number of nitrogen functional groups attached to an aromatic ring is 1. The van der Waals surface area contributed by atoms with Gasteiger partial charge in [-0.05, 0) is 56.3 Å². The fourth-order valence-electron chi connectivity index (χ4n) is 3.46. The molecular formula is C18H30ClN3O3S. The minimum atomic E-state index is -3.09. The van der Waals surface area contributed by atoms with Crippen LogP contribution in [-0.4, -0.2) is 52.9 Å². The Morgan fingerprint density at radius 2 is 2.04 bits per heavy atom. The lowest BCUT2D eigenvalue weighted by Gasteiger charge is -2.32. The van der Waals surface area contributed by atoms with Crippen molar-refractivity contribution >= 4 is 27.3 Å². The molecular weight excluding hydrogens is 374 g/mol. The largest absolute Gasteiger partial charge is 0.496 e. The molecule has 0 spiro atoms. The molecule has 1 aromatic rings. The Labute approximate surface area is 162 Å². The Morgan fingerprint density at radius 1 is 1.35 bits per heavy atom. The van der Waals surface area contributed by atoms with Crippen LogP contribution in [0.15, 0.2) is 12.1 Å². The molecule has 0 saturated carbocycles. The number of methoxy groups -OCH3 is 1. The van der Waals surface area contributed by atoms with Gasteiger partial charge in [-0.2, -0.15) is 0 Å². The second-order valence-electron chi connectivity index (χ2n) is 7.03. The van der Waals surface area contributed by atoms with Crippen LogP contribution >= 0.6 is 11.6 Å². The van der Waals surface area contributed by atoms with Gasteiger partial charge in [0.1, 0.15) is 5.75 Å². The topological polar surface area (TPSA) is 84.7 Å². The van der Waals surface area contributed by atoms with E-state index in [-0.39, 0.29) is 0 Å². The summed E-state index contributed by atoms with van der Waals surface area (Å²) in [6, 6.07) is 3.70. The highest BCUT2D eigenvalue weighted by Gasteiger charge is 2.19. The first-order valence-electron chi connectivity index (χ1n) is 9.07. The zero-order valence-corrected chi connectivity index (χ0v) is 17.2. The molecule has 1 aliphatic rings. The zero-order valence-electron chi connectivity index (χ0n) is 15.6. The maximum absolute atomic E-state index is 11.1. The van der Waals surface area contributed by atoms with E-state index in [0.29, 0.717) is 17.3 Å². The number of halogens is 1. The summed E-state index contributed by atoms with van der Waals surface area (Å²) in [5.41, 5.74) is 7.48. The van der Waals surface area contributed by atoms with Crippen molar-refractivity contribution in [1.29, 1.82) is 0 Å². The molecule has 0 bridgehead atoms. The molecule has 1 saturated heterocycles. The summed E-state index contributed by atoms with van der Waals surface area (Å²) in [7, 11) is -1.44. The summed E-state index contributed by atoms with van der Waals surface area (Å²) in [5.74, 6) is 1.53. The van der Waals surface area contributed by atoms with Gasteiger partial charge in [0.05, 0.1) is 24.1 Å². The molecule has 0 aliphatic carbocycles. The van der Waals surface area contributed by atoms with E-state index in [4.69, 9.17) is 22.1 Å². The number of sulfonamides is 1. The van der Waals surface area contributed by atoms with E-state index >= 15 is 0 Å². The van der Waals surface area contributed by atoms with Crippen LogP contribution in [0.1, 0.15) is 31.2 Å². The van der Waals surface area contributed by atoms with Crippen LogP contribution in [0, 0.1) is 5.92 Å². The average Bonchev–Trinajstić information content (AvgIpc) is 2.58. The Balaban J connectivity index is 1.70. The fourth-order valence-corrected chi connectivity index (χ4v) is 4.11. The molecule has 26 heavy (non-hydrogen) atoms. The molecule has 1 aliphatic heterocycles. The number of hydrogen-bond acceptors (Lipinski definition) is 5. The van der Waals surface area contributed by atoms with E-state index in [2.05, 4.69) is 9.62 Å². The third-order valence-corrected chi connectivity index (χ3v) is 6.01. The summed E-state index contributed by atoms with van der Waals surface area (Å²) in [6.45, 7) is 3.34. The predicted octanol–water partition coefficient (Wildman–Crippen LogP) is 2.51. The maximum Gasteiger partial charge on any atom is 0.208 e. The standard InChI is InChI=1S/C18H30ClN3O3S/c1-25-18-13-17(20)16(19)12-15(18)5-3-4-14-6-9-22(10-7-14)11-8-21-26(2,23)24/h12-14,21H,3-11,20H2,1-2H3. The van der Waals surface area contributed by atoms with Crippen LogP contribution in [0.25, 0.3) is 0 Å². The van der Waals surface area contributed by atoms with Gasteiger partial charge in [0.15, 0.2) is 0 Å². The zero-order chi connectivity index (χ0) is 19.2. The number of benzene rings is 1. The van der Waals surface area contributed by atoms with Gasteiger partial charge >= 0.3 is 0 Å². The molecule has 148 valence electrons. The lowest BCUT2D eigenvalue weighted by Crippen LogP contribution is -2.39. The van der Waals surface area contributed by atoms with E-state index in [1.807, 2.05) is 6.07 Å².